The lowest BCUT2D eigenvalue weighted by Gasteiger charge is -2.15. The maximum Gasteiger partial charge on any atom is 0.247 e. The number of hydrogen-bond donors (Lipinski definition) is 1. The van der Waals surface area contributed by atoms with Gasteiger partial charge in [-0.1, -0.05) is 48.5 Å². The van der Waals surface area contributed by atoms with Crippen molar-refractivity contribution >= 4 is 52.2 Å². The molecule has 0 spiro atoms. The van der Waals surface area contributed by atoms with E-state index in [0.717, 1.165) is 16.1 Å². The van der Waals surface area contributed by atoms with Crippen molar-refractivity contribution in [1.82, 2.24) is 0 Å². The number of carbonyl (C=O) groups is 3. The van der Waals surface area contributed by atoms with E-state index in [1.807, 2.05) is 72.8 Å². The fourth-order valence-corrected chi connectivity index (χ4v) is 5.07. The molecule has 3 amide bonds. The first kappa shape index (κ1) is 25.1. The molecule has 8 heteroatoms. The zero-order chi connectivity index (χ0) is 26.3. The molecule has 1 aliphatic heterocycles. The molecule has 0 unspecified atom stereocenters. The van der Waals surface area contributed by atoms with Crippen LogP contribution in [0.3, 0.4) is 0 Å². The van der Waals surface area contributed by atoms with Crippen LogP contribution < -0.4 is 10.2 Å². The molecule has 5 rings (SSSR count). The average Bonchev–Trinajstić information content (AvgIpc) is 3.22. The zero-order valence-corrected chi connectivity index (χ0v) is 21.2. The molecular weight excluding hydrogens is 496 g/mol. The molecule has 1 aliphatic rings. The third-order valence-electron chi connectivity index (χ3n) is 5.87. The second-order valence-corrected chi connectivity index (χ2v) is 9.94. The molecule has 1 fully saturated rings. The summed E-state index contributed by atoms with van der Waals surface area (Å²) in [7, 11) is 0. The third-order valence-corrected chi connectivity index (χ3v) is 7.07. The fourth-order valence-electron chi connectivity index (χ4n) is 4.01. The highest BCUT2D eigenvalue weighted by atomic mass is 32.2. The van der Waals surface area contributed by atoms with Gasteiger partial charge in [0.25, 0.3) is 0 Å². The van der Waals surface area contributed by atoms with Crippen molar-refractivity contribution in [2.75, 3.05) is 10.2 Å². The average molecular weight is 521 g/mol. The third kappa shape index (κ3) is 6.22. The first-order chi connectivity index (χ1) is 18.5. The minimum atomic E-state index is -0.515. The van der Waals surface area contributed by atoms with Gasteiger partial charge in [0.1, 0.15) is 0 Å². The van der Waals surface area contributed by atoms with Gasteiger partial charge in [-0.25, -0.2) is 4.90 Å². The van der Waals surface area contributed by atoms with Crippen molar-refractivity contribution in [3.05, 3.63) is 115 Å². The summed E-state index contributed by atoms with van der Waals surface area (Å²) < 4.78 is 0. The van der Waals surface area contributed by atoms with Gasteiger partial charge >= 0.3 is 0 Å². The van der Waals surface area contributed by atoms with Crippen LogP contribution >= 0.6 is 11.8 Å². The smallest absolute Gasteiger partial charge is 0.247 e. The monoisotopic (exact) mass is 520 g/mol. The number of rotatable bonds is 8. The molecule has 7 nitrogen and oxygen atoms in total. The van der Waals surface area contributed by atoms with Crippen molar-refractivity contribution in [1.29, 1.82) is 0 Å². The summed E-state index contributed by atoms with van der Waals surface area (Å²) in [4.78, 5) is 40.2. The second-order valence-electron chi connectivity index (χ2n) is 8.66. The minimum Gasteiger partial charge on any atom is -0.326 e. The van der Waals surface area contributed by atoms with E-state index in [0.29, 0.717) is 23.5 Å². The van der Waals surface area contributed by atoms with E-state index >= 15 is 0 Å². The quantitative estimate of drug-likeness (QED) is 0.207. The van der Waals surface area contributed by atoms with Gasteiger partial charge in [0.15, 0.2) is 0 Å². The van der Waals surface area contributed by atoms with Gasteiger partial charge < -0.3 is 5.32 Å². The topological polar surface area (TPSA) is 91.2 Å². The van der Waals surface area contributed by atoms with E-state index in [-0.39, 0.29) is 24.1 Å². The lowest BCUT2D eigenvalue weighted by molar-refractivity contribution is -0.121. The van der Waals surface area contributed by atoms with Gasteiger partial charge in [0.05, 0.1) is 28.7 Å². The molecule has 0 saturated carbocycles. The summed E-state index contributed by atoms with van der Waals surface area (Å²) in [6.45, 7) is 0. The standard InChI is InChI=1S/C30H24N4O3S/c35-28(19-21-7-3-1-4-8-21)31-22-13-17-26(18-14-22)38-27-20-29(36)34(30(27)37)25-15-11-24(12-16-25)33-32-23-9-5-2-6-10-23/h1-18,27H,19-20H2,(H,31,35)/t27-/m0/s1. The summed E-state index contributed by atoms with van der Waals surface area (Å²) in [5.41, 5.74) is 3.49. The summed E-state index contributed by atoms with van der Waals surface area (Å²) in [5, 5.41) is 10.8. The molecule has 0 aliphatic carbocycles. The van der Waals surface area contributed by atoms with Crippen LogP contribution in [0.15, 0.2) is 124 Å². The normalized spacial score (nSPS) is 15.3. The highest BCUT2D eigenvalue weighted by Crippen LogP contribution is 2.35. The van der Waals surface area contributed by atoms with Crippen LogP contribution in [0.5, 0.6) is 0 Å². The van der Waals surface area contributed by atoms with E-state index in [2.05, 4.69) is 15.5 Å². The number of azo groups is 1. The number of carbonyl (C=O) groups excluding carboxylic acids is 3. The van der Waals surface area contributed by atoms with Gasteiger partial charge in [0.2, 0.25) is 17.7 Å². The number of anilines is 2. The second kappa shape index (κ2) is 11.7. The van der Waals surface area contributed by atoms with Crippen molar-refractivity contribution in [3.8, 4) is 0 Å². The van der Waals surface area contributed by atoms with Crippen LogP contribution in [-0.2, 0) is 20.8 Å². The maximum absolute atomic E-state index is 13.1. The number of imide groups is 1. The van der Waals surface area contributed by atoms with E-state index in [4.69, 9.17) is 0 Å². The summed E-state index contributed by atoms with van der Waals surface area (Å²) in [5.74, 6) is -0.591. The van der Waals surface area contributed by atoms with E-state index in [1.165, 1.54) is 16.7 Å². The molecule has 4 aromatic carbocycles. The summed E-state index contributed by atoms with van der Waals surface area (Å²) in [6, 6.07) is 33.1. The Balaban J connectivity index is 1.18. The zero-order valence-electron chi connectivity index (χ0n) is 20.4. The van der Waals surface area contributed by atoms with Crippen LogP contribution in [0.1, 0.15) is 12.0 Å². The molecule has 0 radical (unpaired) electrons. The van der Waals surface area contributed by atoms with Crippen molar-refractivity contribution in [3.63, 3.8) is 0 Å². The van der Waals surface area contributed by atoms with Gasteiger partial charge in [-0.15, -0.1) is 11.8 Å². The van der Waals surface area contributed by atoms with Crippen LogP contribution in [0.25, 0.3) is 0 Å². The van der Waals surface area contributed by atoms with Crippen LogP contribution in [0.2, 0.25) is 0 Å². The Kier molecular flexibility index (Phi) is 7.70. The number of amides is 3. The van der Waals surface area contributed by atoms with Crippen molar-refractivity contribution < 1.29 is 14.4 Å². The Morgan fingerprint density at radius 3 is 2.05 bits per heavy atom. The predicted molar refractivity (Wildman–Crippen MR) is 149 cm³/mol. The Bertz CT molecular complexity index is 1460. The van der Waals surface area contributed by atoms with Gasteiger partial charge in [-0.3, -0.25) is 14.4 Å². The summed E-state index contributed by atoms with van der Waals surface area (Å²) in [6.07, 6.45) is 0.414. The lowest BCUT2D eigenvalue weighted by Crippen LogP contribution is -2.30. The predicted octanol–water partition coefficient (Wildman–Crippen LogP) is 6.71. The highest BCUT2D eigenvalue weighted by molar-refractivity contribution is 8.00. The summed E-state index contributed by atoms with van der Waals surface area (Å²) >= 11 is 1.34. The number of thioether (sulfide) groups is 1. The fraction of sp³-hybridized carbons (Fsp3) is 0.100. The van der Waals surface area contributed by atoms with Gasteiger partial charge in [0, 0.05) is 17.0 Å². The molecule has 1 atom stereocenters. The van der Waals surface area contributed by atoms with Gasteiger partial charge in [-0.05, 0) is 66.2 Å². The molecule has 1 N–H and O–H groups in total. The van der Waals surface area contributed by atoms with Crippen LogP contribution in [0.4, 0.5) is 22.7 Å². The van der Waals surface area contributed by atoms with Crippen molar-refractivity contribution in [2.24, 2.45) is 10.2 Å². The SMILES string of the molecule is O=C(Cc1ccccc1)Nc1ccc(S[C@H]2CC(=O)N(c3ccc(N=Nc4ccccc4)cc3)C2=O)cc1. The lowest BCUT2D eigenvalue weighted by atomic mass is 10.1. The first-order valence-corrected chi connectivity index (χ1v) is 13.0. The number of benzene rings is 4. The first-order valence-electron chi connectivity index (χ1n) is 12.1. The molecule has 4 aromatic rings. The van der Waals surface area contributed by atoms with Crippen molar-refractivity contribution in [2.45, 2.75) is 23.0 Å². The Hall–Kier alpha value is -4.56. The Morgan fingerprint density at radius 1 is 0.789 bits per heavy atom. The molecular formula is C30H24N4O3S. The Morgan fingerprint density at radius 2 is 1.39 bits per heavy atom. The molecule has 1 heterocycles. The molecule has 38 heavy (non-hydrogen) atoms. The largest absolute Gasteiger partial charge is 0.326 e. The maximum atomic E-state index is 13.1. The van der Waals surface area contributed by atoms with E-state index < -0.39 is 5.25 Å². The number of nitrogens with one attached hydrogen (secondary N) is 1. The van der Waals surface area contributed by atoms with E-state index in [9.17, 15) is 14.4 Å². The van der Waals surface area contributed by atoms with E-state index in [1.54, 1.807) is 36.4 Å². The van der Waals surface area contributed by atoms with Crippen LogP contribution in [0, 0.1) is 0 Å². The Labute approximate surface area is 224 Å². The number of nitrogens with zero attached hydrogens (tertiary/aromatic N) is 3. The molecule has 0 bridgehead atoms. The van der Waals surface area contributed by atoms with Crippen LogP contribution in [-0.4, -0.2) is 23.0 Å². The minimum absolute atomic E-state index is 0.101. The molecule has 188 valence electrons. The molecule has 1 saturated heterocycles. The number of hydrogen-bond acceptors (Lipinski definition) is 6. The van der Waals surface area contributed by atoms with Gasteiger partial charge in [-0.2, -0.15) is 10.2 Å². The molecule has 0 aromatic heterocycles. The highest BCUT2D eigenvalue weighted by Gasteiger charge is 2.40.